The molecule has 82 valence electrons. The number of Topliss-reactive ketones (excluding diaryl/α,β-unsaturated/α-hetero) is 1. The van der Waals surface area contributed by atoms with Crippen molar-refractivity contribution >= 4 is 40.0 Å². The molecular formula is C10H8ClF2IO. The second-order valence-corrected chi connectivity index (χ2v) is 4.80. The molecule has 0 radical (unpaired) electrons. The first kappa shape index (κ1) is 12.8. The van der Waals surface area contributed by atoms with Crippen LogP contribution in [0.4, 0.5) is 8.78 Å². The average molecular weight is 345 g/mol. The highest BCUT2D eigenvalue weighted by atomic mass is 127. The molecule has 15 heavy (non-hydrogen) atoms. The van der Waals surface area contributed by atoms with Gasteiger partial charge in [-0.15, -0.1) is 11.6 Å². The van der Waals surface area contributed by atoms with E-state index >= 15 is 0 Å². The monoisotopic (exact) mass is 344 g/mol. The van der Waals surface area contributed by atoms with E-state index < -0.39 is 17.6 Å². The Balaban J connectivity index is 3.29. The molecule has 0 aliphatic heterocycles. The van der Waals surface area contributed by atoms with Crippen LogP contribution in [0.2, 0.25) is 0 Å². The van der Waals surface area contributed by atoms with Gasteiger partial charge in [0.05, 0.1) is 5.38 Å². The first-order valence-electron chi connectivity index (χ1n) is 4.20. The van der Waals surface area contributed by atoms with Crippen LogP contribution in [0, 0.1) is 3.57 Å². The number of alkyl halides is 3. The van der Waals surface area contributed by atoms with E-state index in [1.54, 1.807) is 28.7 Å². The zero-order valence-electron chi connectivity index (χ0n) is 7.81. The van der Waals surface area contributed by atoms with Crippen LogP contribution < -0.4 is 0 Å². The minimum Gasteiger partial charge on any atom is -0.293 e. The second kappa shape index (κ2) is 5.21. The normalized spacial score (nSPS) is 12.9. The topological polar surface area (TPSA) is 17.1 Å². The van der Waals surface area contributed by atoms with Gasteiger partial charge in [0, 0.05) is 14.7 Å². The summed E-state index contributed by atoms with van der Waals surface area (Å²) in [6.45, 7) is 1.47. The van der Waals surface area contributed by atoms with Gasteiger partial charge in [0.15, 0.2) is 5.78 Å². The van der Waals surface area contributed by atoms with Gasteiger partial charge in [-0.05, 0) is 35.6 Å². The number of carbonyl (C=O) groups is 1. The van der Waals surface area contributed by atoms with Crippen molar-refractivity contribution in [3.63, 3.8) is 0 Å². The summed E-state index contributed by atoms with van der Waals surface area (Å²) in [7, 11) is 0. The van der Waals surface area contributed by atoms with Gasteiger partial charge < -0.3 is 0 Å². The maximum absolute atomic E-state index is 12.7. The Morgan fingerprint density at radius 2 is 2.07 bits per heavy atom. The average Bonchev–Trinajstić information content (AvgIpc) is 2.15. The molecule has 1 aromatic rings. The van der Waals surface area contributed by atoms with Crippen LogP contribution in [0.3, 0.4) is 0 Å². The van der Waals surface area contributed by atoms with Gasteiger partial charge in [0.25, 0.3) is 6.43 Å². The fraction of sp³-hybridized carbons (Fsp3) is 0.300. The molecular weight excluding hydrogens is 336 g/mol. The van der Waals surface area contributed by atoms with Gasteiger partial charge in [-0.1, -0.05) is 12.1 Å². The molecule has 1 nitrogen and oxygen atoms in total. The molecule has 1 atom stereocenters. The van der Waals surface area contributed by atoms with Crippen molar-refractivity contribution in [2.24, 2.45) is 0 Å². The van der Waals surface area contributed by atoms with Crippen LogP contribution in [-0.2, 0) is 0 Å². The van der Waals surface area contributed by atoms with Crippen molar-refractivity contribution in [2.75, 3.05) is 0 Å². The molecule has 1 unspecified atom stereocenters. The minimum absolute atomic E-state index is 0.0133. The lowest BCUT2D eigenvalue weighted by molar-refractivity contribution is 0.0977. The summed E-state index contributed by atoms with van der Waals surface area (Å²) in [5, 5.41) is -0.791. The second-order valence-electron chi connectivity index (χ2n) is 2.98. The third-order valence-electron chi connectivity index (χ3n) is 1.90. The van der Waals surface area contributed by atoms with Crippen molar-refractivity contribution in [3.8, 4) is 0 Å². The number of hydrogen-bond donors (Lipinski definition) is 0. The standard InChI is InChI=1S/C10H8ClF2IO/c1-5(11)9(15)6-3-2-4-7(14)8(6)10(12)13/h2-5,10H,1H3. The Bertz CT molecular complexity index is 380. The predicted molar refractivity (Wildman–Crippen MR) is 63.8 cm³/mol. The molecule has 0 saturated heterocycles. The smallest absolute Gasteiger partial charge is 0.265 e. The lowest BCUT2D eigenvalue weighted by Gasteiger charge is -2.10. The minimum atomic E-state index is -2.66. The Hall–Kier alpha value is -0.230. The molecule has 0 aliphatic carbocycles. The summed E-state index contributed by atoms with van der Waals surface area (Å²) in [5.74, 6) is -0.467. The van der Waals surface area contributed by atoms with E-state index in [0.29, 0.717) is 3.57 Å². The Kier molecular flexibility index (Phi) is 4.45. The van der Waals surface area contributed by atoms with E-state index in [2.05, 4.69) is 0 Å². The molecule has 5 heteroatoms. The lowest BCUT2D eigenvalue weighted by atomic mass is 10.0. The zero-order valence-corrected chi connectivity index (χ0v) is 10.7. The molecule has 0 heterocycles. The van der Waals surface area contributed by atoms with Crippen LogP contribution >= 0.6 is 34.2 Å². The molecule has 0 aliphatic rings. The number of rotatable bonds is 3. The fourth-order valence-electron chi connectivity index (χ4n) is 1.19. The van der Waals surface area contributed by atoms with E-state index in [4.69, 9.17) is 11.6 Å². The highest BCUT2D eigenvalue weighted by Gasteiger charge is 2.23. The number of carbonyl (C=O) groups excluding carboxylic acids is 1. The molecule has 0 spiro atoms. The van der Waals surface area contributed by atoms with Crippen LogP contribution in [0.15, 0.2) is 18.2 Å². The van der Waals surface area contributed by atoms with Gasteiger partial charge in [-0.25, -0.2) is 8.78 Å². The summed E-state index contributed by atoms with van der Waals surface area (Å²) in [5.41, 5.74) is -0.213. The van der Waals surface area contributed by atoms with Crippen molar-refractivity contribution in [2.45, 2.75) is 18.7 Å². The third-order valence-corrected chi connectivity index (χ3v) is 3.04. The number of hydrogen-bond acceptors (Lipinski definition) is 1. The van der Waals surface area contributed by atoms with Crippen LogP contribution in [0.5, 0.6) is 0 Å². The molecule has 1 aromatic carbocycles. The Morgan fingerprint density at radius 1 is 1.47 bits per heavy atom. The van der Waals surface area contributed by atoms with Gasteiger partial charge >= 0.3 is 0 Å². The molecule has 0 N–H and O–H groups in total. The summed E-state index contributed by atoms with van der Waals surface area (Å²) in [6.07, 6.45) is -2.66. The van der Waals surface area contributed by atoms with E-state index in [-0.39, 0.29) is 11.1 Å². The quantitative estimate of drug-likeness (QED) is 0.459. The maximum Gasteiger partial charge on any atom is 0.265 e. The van der Waals surface area contributed by atoms with Crippen molar-refractivity contribution in [1.29, 1.82) is 0 Å². The molecule has 0 amide bonds. The fourth-order valence-corrected chi connectivity index (χ4v) is 2.04. The number of halogens is 4. The summed E-state index contributed by atoms with van der Waals surface area (Å²) in [6, 6.07) is 4.49. The highest BCUT2D eigenvalue weighted by Crippen LogP contribution is 2.29. The number of ketones is 1. The summed E-state index contributed by atoms with van der Waals surface area (Å²) in [4.78, 5) is 11.6. The summed E-state index contributed by atoms with van der Waals surface area (Å²) < 4.78 is 25.8. The lowest BCUT2D eigenvalue weighted by Crippen LogP contribution is -2.14. The van der Waals surface area contributed by atoms with Crippen LogP contribution in [0.1, 0.15) is 29.3 Å². The first-order chi connectivity index (χ1) is 6.95. The molecule has 0 aromatic heterocycles. The molecule has 0 fully saturated rings. The molecule has 1 rings (SSSR count). The summed E-state index contributed by atoms with van der Waals surface area (Å²) >= 11 is 7.38. The van der Waals surface area contributed by atoms with Gasteiger partial charge in [0.2, 0.25) is 0 Å². The van der Waals surface area contributed by atoms with Crippen molar-refractivity contribution in [1.82, 2.24) is 0 Å². The van der Waals surface area contributed by atoms with Gasteiger partial charge in [0.1, 0.15) is 0 Å². The number of benzene rings is 1. The Morgan fingerprint density at radius 3 is 2.53 bits per heavy atom. The van der Waals surface area contributed by atoms with Gasteiger partial charge in [-0.2, -0.15) is 0 Å². The van der Waals surface area contributed by atoms with E-state index in [1.807, 2.05) is 0 Å². The van der Waals surface area contributed by atoms with Crippen molar-refractivity contribution in [3.05, 3.63) is 32.9 Å². The van der Waals surface area contributed by atoms with E-state index in [0.717, 1.165) is 0 Å². The molecule has 0 bridgehead atoms. The van der Waals surface area contributed by atoms with Crippen LogP contribution in [-0.4, -0.2) is 11.2 Å². The maximum atomic E-state index is 12.7. The zero-order chi connectivity index (χ0) is 11.6. The van der Waals surface area contributed by atoms with E-state index in [1.165, 1.54) is 19.1 Å². The Labute approximate surface area is 105 Å². The largest absolute Gasteiger partial charge is 0.293 e. The highest BCUT2D eigenvalue weighted by molar-refractivity contribution is 14.1. The predicted octanol–water partition coefficient (Wildman–Crippen LogP) is 4.04. The first-order valence-corrected chi connectivity index (χ1v) is 5.71. The third kappa shape index (κ3) is 2.87. The van der Waals surface area contributed by atoms with E-state index in [9.17, 15) is 13.6 Å². The molecule has 0 saturated carbocycles. The van der Waals surface area contributed by atoms with Gasteiger partial charge in [-0.3, -0.25) is 4.79 Å². The SMILES string of the molecule is CC(Cl)C(=O)c1cccc(I)c1C(F)F. The van der Waals surface area contributed by atoms with Crippen LogP contribution in [0.25, 0.3) is 0 Å². The van der Waals surface area contributed by atoms with Crippen molar-refractivity contribution < 1.29 is 13.6 Å².